The molecule has 1 aromatic carbocycles. The van der Waals surface area contributed by atoms with E-state index in [0.717, 1.165) is 18.7 Å². The number of nitrogens with one attached hydrogen (secondary N) is 1. The standard InChI is InChI=1S/C16H23N3/c1-4-16(13(2)3)18-15-10-17-19(12-15)11-14-8-6-5-7-9-14/h5-10,12-13,16,18H,4,11H2,1-3H3. The summed E-state index contributed by atoms with van der Waals surface area (Å²) < 4.78 is 1.98. The van der Waals surface area contributed by atoms with E-state index in [1.165, 1.54) is 5.56 Å². The quantitative estimate of drug-likeness (QED) is 0.853. The first-order valence-corrected chi connectivity index (χ1v) is 7.02. The van der Waals surface area contributed by atoms with Gasteiger partial charge in [-0.3, -0.25) is 4.68 Å². The molecule has 2 rings (SSSR count). The fourth-order valence-corrected chi connectivity index (χ4v) is 2.25. The summed E-state index contributed by atoms with van der Waals surface area (Å²) in [6.45, 7) is 7.53. The molecule has 0 aliphatic heterocycles. The van der Waals surface area contributed by atoms with Crippen molar-refractivity contribution in [2.45, 2.75) is 39.8 Å². The topological polar surface area (TPSA) is 29.9 Å². The summed E-state index contributed by atoms with van der Waals surface area (Å²) in [5.74, 6) is 0.627. The Morgan fingerprint density at radius 1 is 1.21 bits per heavy atom. The summed E-state index contributed by atoms with van der Waals surface area (Å²) in [7, 11) is 0. The highest BCUT2D eigenvalue weighted by atomic mass is 15.3. The summed E-state index contributed by atoms with van der Waals surface area (Å²) in [6.07, 6.45) is 5.12. The van der Waals surface area contributed by atoms with Crippen molar-refractivity contribution in [3.8, 4) is 0 Å². The van der Waals surface area contributed by atoms with E-state index in [0.29, 0.717) is 12.0 Å². The number of hydrogen-bond donors (Lipinski definition) is 1. The Bertz CT molecular complexity index is 488. The van der Waals surface area contributed by atoms with Crippen LogP contribution in [0.15, 0.2) is 42.7 Å². The van der Waals surface area contributed by atoms with Gasteiger partial charge in [-0.2, -0.15) is 5.10 Å². The molecule has 3 heteroatoms. The Labute approximate surface area is 115 Å². The molecular formula is C16H23N3. The average Bonchev–Trinajstić information content (AvgIpc) is 2.84. The van der Waals surface area contributed by atoms with Gasteiger partial charge in [0.05, 0.1) is 18.4 Å². The molecule has 0 aliphatic rings. The zero-order valence-corrected chi connectivity index (χ0v) is 12.0. The van der Waals surface area contributed by atoms with Crippen LogP contribution in [0.5, 0.6) is 0 Å². The minimum Gasteiger partial charge on any atom is -0.380 e. The van der Waals surface area contributed by atoms with Crippen LogP contribution in [-0.2, 0) is 6.54 Å². The Balaban J connectivity index is 1.99. The summed E-state index contributed by atoms with van der Waals surface area (Å²) >= 11 is 0. The van der Waals surface area contributed by atoms with Gasteiger partial charge in [-0.1, -0.05) is 51.1 Å². The third-order valence-electron chi connectivity index (χ3n) is 3.42. The molecule has 0 fully saturated rings. The Hall–Kier alpha value is -1.77. The molecular weight excluding hydrogens is 234 g/mol. The van der Waals surface area contributed by atoms with E-state index in [2.05, 4.69) is 61.6 Å². The van der Waals surface area contributed by atoms with Gasteiger partial charge in [0, 0.05) is 12.2 Å². The SMILES string of the molecule is CCC(Nc1cnn(Cc2ccccc2)c1)C(C)C. The molecule has 0 spiro atoms. The predicted octanol–water partition coefficient (Wildman–Crippen LogP) is 3.78. The van der Waals surface area contributed by atoms with Crippen LogP contribution in [0.3, 0.4) is 0 Å². The molecule has 3 nitrogen and oxygen atoms in total. The van der Waals surface area contributed by atoms with Gasteiger partial charge in [0.1, 0.15) is 0 Å². The second-order valence-electron chi connectivity index (χ2n) is 5.32. The number of rotatable bonds is 6. The molecule has 19 heavy (non-hydrogen) atoms. The Morgan fingerprint density at radius 3 is 2.58 bits per heavy atom. The van der Waals surface area contributed by atoms with Crippen LogP contribution >= 0.6 is 0 Å². The fraction of sp³-hybridized carbons (Fsp3) is 0.438. The van der Waals surface area contributed by atoms with E-state index in [-0.39, 0.29) is 0 Å². The highest BCUT2D eigenvalue weighted by Crippen LogP contribution is 2.15. The third-order valence-corrected chi connectivity index (χ3v) is 3.42. The molecule has 1 atom stereocenters. The molecule has 2 aromatic rings. The first-order valence-electron chi connectivity index (χ1n) is 7.02. The monoisotopic (exact) mass is 257 g/mol. The van der Waals surface area contributed by atoms with Crippen LogP contribution in [0.4, 0.5) is 5.69 Å². The molecule has 0 saturated heterocycles. The highest BCUT2D eigenvalue weighted by molar-refractivity contribution is 5.39. The number of nitrogens with zero attached hydrogens (tertiary/aromatic N) is 2. The van der Waals surface area contributed by atoms with Gasteiger partial charge in [-0.15, -0.1) is 0 Å². The normalized spacial score (nSPS) is 12.6. The maximum atomic E-state index is 4.41. The van der Waals surface area contributed by atoms with Crippen LogP contribution in [0, 0.1) is 5.92 Å². The van der Waals surface area contributed by atoms with Gasteiger partial charge in [0.15, 0.2) is 0 Å². The van der Waals surface area contributed by atoms with Crippen LogP contribution in [-0.4, -0.2) is 15.8 Å². The first-order chi connectivity index (χ1) is 9.19. The van der Waals surface area contributed by atoms with E-state index < -0.39 is 0 Å². The van der Waals surface area contributed by atoms with Crippen molar-refractivity contribution in [1.82, 2.24) is 9.78 Å². The average molecular weight is 257 g/mol. The van der Waals surface area contributed by atoms with Crippen molar-refractivity contribution in [2.75, 3.05) is 5.32 Å². The van der Waals surface area contributed by atoms with E-state index in [4.69, 9.17) is 0 Å². The van der Waals surface area contributed by atoms with Crippen molar-refractivity contribution in [3.63, 3.8) is 0 Å². The fourth-order valence-electron chi connectivity index (χ4n) is 2.25. The van der Waals surface area contributed by atoms with Crippen LogP contribution < -0.4 is 5.32 Å². The maximum Gasteiger partial charge on any atom is 0.0728 e. The molecule has 0 aliphatic carbocycles. The predicted molar refractivity (Wildman–Crippen MR) is 80.3 cm³/mol. The molecule has 102 valence electrons. The smallest absolute Gasteiger partial charge is 0.0728 e. The van der Waals surface area contributed by atoms with E-state index in [1.54, 1.807) is 0 Å². The first kappa shape index (κ1) is 13.7. The van der Waals surface area contributed by atoms with Crippen molar-refractivity contribution in [1.29, 1.82) is 0 Å². The van der Waals surface area contributed by atoms with Gasteiger partial charge < -0.3 is 5.32 Å². The van der Waals surface area contributed by atoms with Gasteiger partial charge in [0.25, 0.3) is 0 Å². The van der Waals surface area contributed by atoms with Gasteiger partial charge in [-0.25, -0.2) is 0 Å². The highest BCUT2D eigenvalue weighted by Gasteiger charge is 2.11. The molecule has 0 saturated carbocycles. The van der Waals surface area contributed by atoms with E-state index in [9.17, 15) is 0 Å². The Morgan fingerprint density at radius 2 is 1.95 bits per heavy atom. The van der Waals surface area contributed by atoms with Gasteiger partial charge in [-0.05, 0) is 17.9 Å². The molecule has 1 aromatic heterocycles. The molecule has 1 N–H and O–H groups in total. The van der Waals surface area contributed by atoms with Gasteiger partial charge in [0.2, 0.25) is 0 Å². The van der Waals surface area contributed by atoms with Crippen molar-refractivity contribution in [2.24, 2.45) is 5.92 Å². The van der Waals surface area contributed by atoms with Crippen LogP contribution in [0.25, 0.3) is 0 Å². The zero-order chi connectivity index (χ0) is 13.7. The van der Waals surface area contributed by atoms with Crippen LogP contribution in [0.2, 0.25) is 0 Å². The molecule has 1 heterocycles. The minimum atomic E-state index is 0.509. The van der Waals surface area contributed by atoms with E-state index >= 15 is 0 Å². The summed E-state index contributed by atoms with van der Waals surface area (Å²) in [6, 6.07) is 10.9. The molecule has 0 bridgehead atoms. The third kappa shape index (κ3) is 3.85. The lowest BCUT2D eigenvalue weighted by Gasteiger charge is -2.20. The number of hydrogen-bond acceptors (Lipinski definition) is 2. The lowest BCUT2D eigenvalue weighted by atomic mass is 10.0. The largest absolute Gasteiger partial charge is 0.380 e. The number of aromatic nitrogens is 2. The Kier molecular flexibility index (Phi) is 4.61. The minimum absolute atomic E-state index is 0.509. The summed E-state index contributed by atoms with van der Waals surface area (Å²) in [5.41, 5.74) is 2.38. The second-order valence-corrected chi connectivity index (χ2v) is 5.32. The zero-order valence-electron chi connectivity index (χ0n) is 12.0. The van der Waals surface area contributed by atoms with Crippen molar-refractivity contribution >= 4 is 5.69 Å². The van der Waals surface area contributed by atoms with Crippen molar-refractivity contribution < 1.29 is 0 Å². The summed E-state index contributed by atoms with van der Waals surface area (Å²) in [4.78, 5) is 0. The molecule has 1 unspecified atom stereocenters. The molecule has 0 radical (unpaired) electrons. The van der Waals surface area contributed by atoms with E-state index in [1.807, 2.05) is 16.9 Å². The van der Waals surface area contributed by atoms with Gasteiger partial charge >= 0.3 is 0 Å². The van der Waals surface area contributed by atoms with Crippen LogP contribution in [0.1, 0.15) is 32.8 Å². The maximum absolute atomic E-state index is 4.41. The molecule has 0 amide bonds. The number of anilines is 1. The lowest BCUT2D eigenvalue weighted by molar-refractivity contribution is 0.511. The van der Waals surface area contributed by atoms with Crippen molar-refractivity contribution in [3.05, 3.63) is 48.3 Å². The number of benzene rings is 1. The second kappa shape index (κ2) is 6.41. The summed E-state index contributed by atoms with van der Waals surface area (Å²) in [5, 5.41) is 7.96. The lowest BCUT2D eigenvalue weighted by Crippen LogP contribution is -2.24.